The Morgan fingerprint density at radius 3 is 1.65 bits per heavy atom. The van der Waals surface area contributed by atoms with Crippen LogP contribution in [0.2, 0.25) is 0 Å². The monoisotopic (exact) mass is 476 g/mol. The van der Waals surface area contributed by atoms with Gasteiger partial charge in [-0.2, -0.15) is 0 Å². The quantitative estimate of drug-likeness (QED) is 0.159. The maximum absolute atomic E-state index is 12.3. The van der Waals surface area contributed by atoms with Gasteiger partial charge in [0.15, 0.2) is 0 Å². The molecule has 0 saturated heterocycles. The molecule has 0 heterocycles. The molecule has 0 atom stereocenters. The number of ether oxygens (including phenoxy) is 1. The fraction of sp³-hybridized carbons (Fsp3) is 0.733. The molecule has 0 amide bonds. The predicted octanol–water partition coefficient (Wildman–Crippen LogP) is 9.39. The van der Waals surface area contributed by atoms with E-state index in [9.17, 15) is 14.7 Å². The van der Waals surface area contributed by atoms with Crippen molar-refractivity contribution in [3.05, 3.63) is 34.9 Å². The van der Waals surface area contributed by atoms with E-state index >= 15 is 0 Å². The molecule has 4 nitrogen and oxygen atoms in total. The van der Waals surface area contributed by atoms with Gasteiger partial charge in [-0.3, -0.25) is 0 Å². The maximum Gasteiger partial charge on any atom is 0.339 e. The summed E-state index contributed by atoms with van der Waals surface area (Å²) in [6, 6.07) is 5.11. The molecule has 0 fully saturated rings. The van der Waals surface area contributed by atoms with Gasteiger partial charge in [0.1, 0.15) is 0 Å². The Bertz CT molecular complexity index is 635. The third kappa shape index (κ3) is 16.7. The summed E-state index contributed by atoms with van der Waals surface area (Å²) in [6.45, 7) is 9.20. The lowest BCUT2D eigenvalue weighted by molar-refractivity contribution is 0.0487. The van der Waals surface area contributed by atoms with Gasteiger partial charge in [-0.1, -0.05) is 124 Å². The van der Waals surface area contributed by atoms with Gasteiger partial charge in [0, 0.05) is 0 Å². The number of carbonyl (C=O) groups excluding carboxylic acids is 1. The fourth-order valence-corrected chi connectivity index (χ4v) is 3.84. The summed E-state index contributed by atoms with van der Waals surface area (Å²) in [5.74, 6) is -1.60. The standard InChI is InChI=1S/C24H38O4.C6H14/c1-3-5-7-9-11-13-15-20-16-17-21(22(19-20)23(25)26)24(27)28-18-14-12-10-8-6-4-2;1-3-5-6-4-2/h16-17,19H,3-15,18H2,1-2H3,(H,25,26);3-6H2,1-2H3. The van der Waals surface area contributed by atoms with Crippen molar-refractivity contribution in [2.45, 2.75) is 137 Å². The van der Waals surface area contributed by atoms with Crippen molar-refractivity contribution in [1.29, 1.82) is 0 Å². The van der Waals surface area contributed by atoms with Crippen molar-refractivity contribution in [3.8, 4) is 0 Å². The molecule has 0 bridgehead atoms. The summed E-state index contributed by atoms with van der Waals surface area (Å²) in [7, 11) is 0. The molecule has 196 valence electrons. The molecule has 1 rings (SSSR count). The van der Waals surface area contributed by atoms with Crippen LogP contribution < -0.4 is 0 Å². The van der Waals surface area contributed by atoms with E-state index in [0.29, 0.717) is 6.61 Å². The van der Waals surface area contributed by atoms with E-state index in [4.69, 9.17) is 4.74 Å². The predicted molar refractivity (Wildman–Crippen MR) is 144 cm³/mol. The number of carboxylic acid groups (broad SMARTS) is 1. The number of rotatable bonds is 19. The van der Waals surface area contributed by atoms with Crippen molar-refractivity contribution in [2.24, 2.45) is 0 Å². The van der Waals surface area contributed by atoms with Crippen LogP contribution in [0.15, 0.2) is 18.2 Å². The molecular weight excluding hydrogens is 424 g/mol. The van der Waals surface area contributed by atoms with Crippen LogP contribution in [0.3, 0.4) is 0 Å². The van der Waals surface area contributed by atoms with Crippen LogP contribution in [-0.4, -0.2) is 23.7 Å². The van der Waals surface area contributed by atoms with Gasteiger partial charge in [-0.05, 0) is 37.0 Å². The zero-order chi connectivity index (χ0) is 25.4. The molecule has 0 saturated carbocycles. The number of carboxylic acids is 1. The van der Waals surface area contributed by atoms with Crippen molar-refractivity contribution >= 4 is 11.9 Å². The lowest BCUT2D eigenvalue weighted by Crippen LogP contribution is -2.13. The van der Waals surface area contributed by atoms with E-state index in [1.54, 1.807) is 12.1 Å². The van der Waals surface area contributed by atoms with Gasteiger partial charge in [0.05, 0.1) is 17.7 Å². The van der Waals surface area contributed by atoms with E-state index in [-0.39, 0.29) is 11.1 Å². The van der Waals surface area contributed by atoms with E-state index < -0.39 is 11.9 Å². The van der Waals surface area contributed by atoms with Crippen LogP contribution in [-0.2, 0) is 11.2 Å². The normalized spacial score (nSPS) is 10.5. The molecule has 34 heavy (non-hydrogen) atoms. The van der Waals surface area contributed by atoms with Crippen LogP contribution in [0.1, 0.15) is 157 Å². The second-order valence-corrected chi connectivity index (χ2v) is 9.31. The van der Waals surface area contributed by atoms with Crippen molar-refractivity contribution < 1.29 is 19.4 Å². The topological polar surface area (TPSA) is 63.6 Å². The Labute approximate surface area is 209 Å². The van der Waals surface area contributed by atoms with E-state index in [1.807, 2.05) is 6.07 Å². The molecule has 0 aliphatic heterocycles. The van der Waals surface area contributed by atoms with Crippen LogP contribution in [0, 0.1) is 0 Å². The summed E-state index contributed by atoms with van der Waals surface area (Å²) >= 11 is 0. The van der Waals surface area contributed by atoms with Gasteiger partial charge in [0.2, 0.25) is 0 Å². The number of hydrogen-bond donors (Lipinski definition) is 1. The number of aromatic carboxylic acids is 1. The first-order valence-corrected chi connectivity index (χ1v) is 14.0. The minimum absolute atomic E-state index is 0.0522. The highest BCUT2D eigenvalue weighted by atomic mass is 16.5. The smallest absolute Gasteiger partial charge is 0.339 e. The number of benzene rings is 1. The average molecular weight is 477 g/mol. The first kappa shape index (κ1) is 32.2. The highest BCUT2D eigenvalue weighted by Gasteiger charge is 2.18. The lowest BCUT2D eigenvalue weighted by atomic mass is 9.99. The zero-order valence-electron chi connectivity index (χ0n) is 22.6. The Balaban J connectivity index is 0.00000160. The van der Waals surface area contributed by atoms with Gasteiger partial charge in [-0.25, -0.2) is 9.59 Å². The molecule has 0 aliphatic carbocycles. The number of carbonyl (C=O) groups is 2. The van der Waals surface area contributed by atoms with Crippen molar-refractivity contribution in [2.75, 3.05) is 6.61 Å². The zero-order valence-corrected chi connectivity index (χ0v) is 22.6. The molecule has 0 spiro atoms. The SMILES string of the molecule is CCCCCC.CCCCCCCCOC(=O)c1ccc(CCCCCCCC)cc1C(=O)O. The Hall–Kier alpha value is -1.84. The summed E-state index contributed by atoms with van der Waals surface area (Å²) < 4.78 is 5.30. The fourth-order valence-electron chi connectivity index (χ4n) is 3.84. The molecular formula is C30H52O4. The molecule has 1 N–H and O–H groups in total. The molecule has 1 aromatic rings. The van der Waals surface area contributed by atoms with Gasteiger partial charge in [-0.15, -0.1) is 0 Å². The van der Waals surface area contributed by atoms with Crippen molar-refractivity contribution in [3.63, 3.8) is 0 Å². The Morgan fingerprint density at radius 1 is 0.647 bits per heavy atom. The van der Waals surface area contributed by atoms with Gasteiger partial charge in [0.25, 0.3) is 0 Å². The van der Waals surface area contributed by atoms with Gasteiger partial charge >= 0.3 is 11.9 Å². The average Bonchev–Trinajstić information content (AvgIpc) is 2.84. The molecule has 0 unspecified atom stereocenters. The van der Waals surface area contributed by atoms with E-state index in [0.717, 1.165) is 44.1 Å². The molecule has 0 aromatic heterocycles. The van der Waals surface area contributed by atoms with Crippen molar-refractivity contribution in [1.82, 2.24) is 0 Å². The number of aryl methyl sites for hydroxylation is 1. The minimum Gasteiger partial charge on any atom is -0.478 e. The van der Waals surface area contributed by atoms with Crippen LogP contribution in [0.5, 0.6) is 0 Å². The van der Waals surface area contributed by atoms with Gasteiger partial charge < -0.3 is 9.84 Å². The molecule has 4 heteroatoms. The van der Waals surface area contributed by atoms with E-state index in [2.05, 4.69) is 27.7 Å². The molecule has 0 radical (unpaired) electrons. The first-order valence-electron chi connectivity index (χ1n) is 14.0. The van der Waals surface area contributed by atoms with E-state index in [1.165, 1.54) is 70.6 Å². The summed E-state index contributed by atoms with van der Waals surface area (Å²) in [5, 5.41) is 9.49. The van der Waals surface area contributed by atoms with Crippen LogP contribution in [0.25, 0.3) is 0 Å². The Morgan fingerprint density at radius 2 is 1.12 bits per heavy atom. The Kier molecular flexibility index (Phi) is 21.7. The first-order chi connectivity index (χ1) is 16.5. The minimum atomic E-state index is -1.07. The number of esters is 1. The molecule has 0 aliphatic rings. The summed E-state index contributed by atoms with van der Waals surface area (Å²) in [6.07, 6.45) is 20.3. The maximum atomic E-state index is 12.3. The second-order valence-electron chi connectivity index (χ2n) is 9.31. The third-order valence-corrected chi connectivity index (χ3v) is 6.04. The number of unbranched alkanes of at least 4 members (excludes halogenated alkanes) is 13. The third-order valence-electron chi connectivity index (χ3n) is 6.04. The highest BCUT2D eigenvalue weighted by Crippen LogP contribution is 2.17. The summed E-state index contributed by atoms with van der Waals surface area (Å²) in [4.78, 5) is 23.9. The summed E-state index contributed by atoms with van der Waals surface area (Å²) in [5.41, 5.74) is 1.18. The molecule has 1 aromatic carbocycles. The number of hydrogen-bond acceptors (Lipinski definition) is 3. The largest absolute Gasteiger partial charge is 0.478 e. The van der Waals surface area contributed by atoms with Crippen LogP contribution >= 0.6 is 0 Å². The lowest BCUT2D eigenvalue weighted by Gasteiger charge is -2.10. The van der Waals surface area contributed by atoms with Crippen LogP contribution in [0.4, 0.5) is 0 Å². The second kappa shape index (κ2) is 22.9. The highest BCUT2D eigenvalue weighted by molar-refractivity contribution is 6.02.